The van der Waals surface area contributed by atoms with Crippen molar-refractivity contribution >= 4 is 11.8 Å². The van der Waals surface area contributed by atoms with Crippen LogP contribution in [0.25, 0.3) is 0 Å². The van der Waals surface area contributed by atoms with Gasteiger partial charge in [0.25, 0.3) is 11.8 Å². The summed E-state index contributed by atoms with van der Waals surface area (Å²) in [6.45, 7) is 3.32. The average Bonchev–Trinajstić information content (AvgIpc) is 2.52. The maximum absolute atomic E-state index is 12.2. The van der Waals surface area contributed by atoms with Gasteiger partial charge in [0.15, 0.2) is 6.04 Å². The lowest BCUT2D eigenvalue weighted by Crippen LogP contribution is -2.43. The van der Waals surface area contributed by atoms with E-state index in [-0.39, 0.29) is 5.91 Å². The summed E-state index contributed by atoms with van der Waals surface area (Å²) in [6.07, 6.45) is 4.65. The lowest BCUT2D eigenvalue weighted by molar-refractivity contribution is -0.133. The quantitative estimate of drug-likeness (QED) is 0.679. The molecular formula is C14H21N3O4. The lowest BCUT2D eigenvalue weighted by Gasteiger charge is -2.32. The van der Waals surface area contributed by atoms with Crippen molar-refractivity contribution in [2.45, 2.75) is 18.9 Å². The molecule has 1 fully saturated rings. The molecule has 2 amide bonds. The third kappa shape index (κ3) is 4.71. The van der Waals surface area contributed by atoms with Crippen LogP contribution in [0.4, 0.5) is 0 Å². The van der Waals surface area contributed by atoms with Crippen molar-refractivity contribution in [1.29, 1.82) is 0 Å². The second-order valence-electron chi connectivity index (χ2n) is 5.19. The van der Waals surface area contributed by atoms with Gasteiger partial charge < -0.3 is 14.4 Å². The lowest BCUT2D eigenvalue weighted by atomic mass is 9.97. The summed E-state index contributed by atoms with van der Waals surface area (Å²) >= 11 is 0. The molecule has 0 N–H and O–H groups in total. The normalized spacial score (nSPS) is 22.8. The van der Waals surface area contributed by atoms with Gasteiger partial charge in [0.05, 0.1) is 13.2 Å². The van der Waals surface area contributed by atoms with E-state index in [1.165, 1.54) is 12.2 Å². The zero-order valence-electron chi connectivity index (χ0n) is 12.2. The average molecular weight is 295 g/mol. The molecule has 0 radical (unpaired) electrons. The largest absolute Gasteiger partial charge is 0.382 e. The van der Waals surface area contributed by atoms with Gasteiger partial charge in [0.1, 0.15) is 0 Å². The van der Waals surface area contributed by atoms with Gasteiger partial charge in [-0.3, -0.25) is 9.59 Å². The highest BCUT2D eigenvalue weighted by Crippen LogP contribution is 2.19. The predicted molar refractivity (Wildman–Crippen MR) is 74.8 cm³/mol. The molecule has 2 rings (SSSR count). The summed E-state index contributed by atoms with van der Waals surface area (Å²) in [5.41, 5.74) is 0. The standard InChI is InChI=1S/C14H21N3O4/c1-20-8-9-21-10-11-4-6-17(7-5-11)14(19)12-2-3-13(18)16-15-12/h2-3,11-12H,4-10H2,1H3. The van der Waals surface area contributed by atoms with E-state index in [9.17, 15) is 9.59 Å². The Morgan fingerprint density at radius 3 is 2.76 bits per heavy atom. The molecule has 1 atom stereocenters. The smallest absolute Gasteiger partial charge is 0.287 e. The summed E-state index contributed by atoms with van der Waals surface area (Å²) in [7, 11) is 1.65. The van der Waals surface area contributed by atoms with E-state index in [0.29, 0.717) is 38.8 Å². The van der Waals surface area contributed by atoms with Crippen LogP contribution in [-0.4, -0.2) is 62.8 Å². The minimum Gasteiger partial charge on any atom is -0.382 e. The number of carbonyl (C=O) groups excluding carboxylic acids is 2. The van der Waals surface area contributed by atoms with Gasteiger partial charge in [-0.15, -0.1) is 5.11 Å². The second-order valence-corrected chi connectivity index (χ2v) is 5.19. The number of hydrogen-bond donors (Lipinski definition) is 0. The fourth-order valence-corrected chi connectivity index (χ4v) is 2.40. The van der Waals surface area contributed by atoms with Crippen molar-refractivity contribution < 1.29 is 19.1 Å². The number of rotatable bonds is 6. The Balaban J connectivity index is 1.71. The van der Waals surface area contributed by atoms with E-state index < -0.39 is 11.9 Å². The molecule has 1 unspecified atom stereocenters. The van der Waals surface area contributed by atoms with Gasteiger partial charge in [0, 0.05) is 32.9 Å². The molecule has 2 heterocycles. The van der Waals surface area contributed by atoms with Crippen LogP contribution in [0.1, 0.15) is 12.8 Å². The van der Waals surface area contributed by atoms with Crippen molar-refractivity contribution in [1.82, 2.24) is 4.90 Å². The molecule has 0 aromatic carbocycles. The first-order valence-electron chi connectivity index (χ1n) is 7.19. The Labute approximate surface area is 124 Å². The summed E-state index contributed by atoms with van der Waals surface area (Å²) in [5.74, 6) is -0.0109. The van der Waals surface area contributed by atoms with E-state index in [2.05, 4.69) is 10.2 Å². The molecule has 1 saturated heterocycles. The first kappa shape index (κ1) is 15.8. The maximum Gasteiger partial charge on any atom is 0.287 e. The fraction of sp³-hybridized carbons (Fsp3) is 0.714. The van der Waals surface area contributed by atoms with Crippen LogP contribution in [0.2, 0.25) is 0 Å². The Morgan fingerprint density at radius 2 is 2.14 bits per heavy atom. The third-order valence-corrected chi connectivity index (χ3v) is 3.67. The van der Waals surface area contributed by atoms with Crippen molar-refractivity contribution in [3.63, 3.8) is 0 Å². The highest BCUT2D eigenvalue weighted by atomic mass is 16.5. The molecule has 0 aliphatic carbocycles. The molecule has 21 heavy (non-hydrogen) atoms. The Morgan fingerprint density at radius 1 is 1.38 bits per heavy atom. The molecule has 0 aromatic rings. The third-order valence-electron chi connectivity index (χ3n) is 3.67. The molecule has 7 heteroatoms. The monoisotopic (exact) mass is 295 g/mol. The van der Waals surface area contributed by atoms with E-state index in [1.54, 1.807) is 12.0 Å². The van der Waals surface area contributed by atoms with Crippen molar-refractivity contribution in [3.8, 4) is 0 Å². The van der Waals surface area contributed by atoms with Crippen LogP contribution in [0, 0.1) is 5.92 Å². The number of azo groups is 1. The molecule has 0 aromatic heterocycles. The number of ether oxygens (including phenoxy) is 2. The summed E-state index contributed by atoms with van der Waals surface area (Å²) in [6, 6.07) is -0.641. The second kappa shape index (κ2) is 7.99. The zero-order chi connectivity index (χ0) is 15.1. The van der Waals surface area contributed by atoms with Crippen LogP contribution in [0.15, 0.2) is 22.4 Å². The van der Waals surface area contributed by atoms with Gasteiger partial charge in [-0.05, 0) is 24.8 Å². The van der Waals surface area contributed by atoms with Crippen LogP contribution in [0.3, 0.4) is 0 Å². The Bertz CT molecular complexity index is 412. The number of piperidine rings is 1. The van der Waals surface area contributed by atoms with Crippen LogP contribution in [0.5, 0.6) is 0 Å². The predicted octanol–water partition coefficient (Wildman–Crippen LogP) is 0.805. The first-order chi connectivity index (χ1) is 10.2. The van der Waals surface area contributed by atoms with Gasteiger partial charge in [-0.2, -0.15) is 5.11 Å². The molecular weight excluding hydrogens is 274 g/mol. The number of nitrogens with zero attached hydrogens (tertiary/aromatic N) is 3. The van der Waals surface area contributed by atoms with Gasteiger partial charge >= 0.3 is 0 Å². The Kier molecular flexibility index (Phi) is 6.01. The molecule has 0 saturated carbocycles. The highest BCUT2D eigenvalue weighted by Gasteiger charge is 2.28. The van der Waals surface area contributed by atoms with E-state index in [0.717, 1.165) is 12.8 Å². The van der Waals surface area contributed by atoms with E-state index >= 15 is 0 Å². The number of hydrogen-bond acceptors (Lipinski definition) is 5. The van der Waals surface area contributed by atoms with Gasteiger partial charge in [-0.1, -0.05) is 0 Å². The molecule has 0 bridgehead atoms. The molecule has 0 spiro atoms. The molecule has 2 aliphatic rings. The van der Waals surface area contributed by atoms with Crippen molar-refractivity contribution in [2.24, 2.45) is 16.1 Å². The van der Waals surface area contributed by atoms with Crippen LogP contribution < -0.4 is 0 Å². The maximum atomic E-state index is 12.2. The van der Waals surface area contributed by atoms with Crippen molar-refractivity contribution in [2.75, 3.05) is 40.0 Å². The number of methoxy groups -OCH3 is 1. The number of likely N-dealkylation sites (tertiary alicyclic amines) is 1. The molecule has 2 aliphatic heterocycles. The highest BCUT2D eigenvalue weighted by molar-refractivity contribution is 5.92. The first-order valence-corrected chi connectivity index (χ1v) is 7.19. The molecule has 116 valence electrons. The number of carbonyl (C=O) groups is 2. The fourth-order valence-electron chi connectivity index (χ4n) is 2.40. The zero-order valence-corrected chi connectivity index (χ0v) is 12.2. The van der Waals surface area contributed by atoms with E-state index in [1.807, 2.05) is 0 Å². The van der Waals surface area contributed by atoms with E-state index in [4.69, 9.17) is 9.47 Å². The van der Waals surface area contributed by atoms with Gasteiger partial charge in [-0.25, -0.2) is 0 Å². The summed E-state index contributed by atoms with van der Waals surface area (Å²) < 4.78 is 10.5. The minimum absolute atomic E-state index is 0.0822. The van der Waals surface area contributed by atoms with Crippen molar-refractivity contribution in [3.05, 3.63) is 12.2 Å². The summed E-state index contributed by atoms with van der Waals surface area (Å²) in [5, 5.41) is 7.15. The topological polar surface area (TPSA) is 80.6 Å². The van der Waals surface area contributed by atoms with Gasteiger partial charge in [0.2, 0.25) is 0 Å². The minimum atomic E-state index is -0.641. The summed E-state index contributed by atoms with van der Waals surface area (Å²) in [4.78, 5) is 24.9. The number of amides is 2. The Hall–Kier alpha value is -1.60. The van der Waals surface area contributed by atoms with Crippen LogP contribution >= 0.6 is 0 Å². The SMILES string of the molecule is COCCOCC1CCN(C(=O)C2C=CC(=O)N=N2)CC1. The van der Waals surface area contributed by atoms with Crippen LogP contribution in [-0.2, 0) is 19.1 Å². The molecule has 7 nitrogen and oxygen atoms in total.